The van der Waals surface area contributed by atoms with E-state index in [0.717, 1.165) is 5.56 Å². The van der Waals surface area contributed by atoms with Crippen LogP contribution in [0.1, 0.15) is 11.3 Å². The van der Waals surface area contributed by atoms with Gasteiger partial charge in [-0.2, -0.15) is 0 Å². The van der Waals surface area contributed by atoms with Crippen molar-refractivity contribution in [1.29, 1.82) is 0 Å². The van der Waals surface area contributed by atoms with Crippen LogP contribution in [0.2, 0.25) is 0 Å². The van der Waals surface area contributed by atoms with Crippen LogP contribution in [0.15, 0.2) is 16.7 Å². The van der Waals surface area contributed by atoms with Gasteiger partial charge in [0.05, 0.1) is 6.26 Å². The van der Waals surface area contributed by atoms with Gasteiger partial charge in [0, 0.05) is 12.1 Å². The summed E-state index contributed by atoms with van der Waals surface area (Å²) in [5, 5.41) is 8.51. The van der Waals surface area contributed by atoms with Gasteiger partial charge in [-0.15, -0.1) is 0 Å². The van der Waals surface area contributed by atoms with Gasteiger partial charge < -0.3 is 15.3 Å². The second-order valence-electron chi connectivity index (χ2n) is 1.78. The van der Waals surface area contributed by atoms with Crippen LogP contribution in [-0.2, 0) is 13.2 Å². The second-order valence-corrected chi connectivity index (χ2v) is 1.78. The minimum atomic E-state index is -0.0556. The van der Waals surface area contributed by atoms with Gasteiger partial charge >= 0.3 is 0 Å². The maximum absolute atomic E-state index is 8.51. The normalized spacial score (nSPS) is 10.0. The summed E-state index contributed by atoms with van der Waals surface area (Å²) in [4.78, 5) is 0. The van der Waals surface area contributed by atoms with Gasteiger partial charge in [0.15, 0.2) is 0 Å². The molecule has 0 unspecified atom stereocenters. The van der Waals surface area contributed by atoms with Crippen LogP contribution in [-0.4, -0.2) is 5.11 Å². The fraction of sp³-hybridized carbons (Fsp3) is 0.333. The molecule has 0 saturated heterocycles. The number of rotatable bonds is 2. The Hall–Kier alpha value is -0.800. The van der Waals surface area contributed by atoms with E-state index in [9.17, 15) is 0 Å². The van der Waals surface area contributed by atoms with Crippen LogP contribution in [0, 0.1) is 0 Å². The quantitative estimate of drug-likeness (QED) is 0.597. The number of aliphatic hydroxyl groups is 1. The molecule has 0 saturated carbocycles. The van der Waals surface area contributed by atoms with E-state index in [1.165, 1.54) is 0 Å². The monoisotopic (exact) mass is 127 g/mol. The summed E-state index contributed by atoms with van der Waals surface area (Å²) >= 11 is 0. The molecule has 0 spiro atoms. The summed E-state index contributed by atoms with van der Waals surface area (Å²) in [5.74, 6) is 0.565. The van der Waals surface area contributed by atoms with Gasteiger partial charge in [-0.25, -0.2) is 0 Å². The van der Waals surface area contributed by atoms with Crippen LogP contribution >= 0.6 is 0 Å². The first-order valence-corrected chi connectivity index (χ1v) is 2.74. The van der Waals surface area contributed by atoms with Crippen LogP contribution in [0.25, 0.3) is 0 Å². The third-order valence-electron chi connectivity index (χ3n) is 1.10. The lowest BCUT2D eigenvalue weighted by Gasteiger charge is -1.81. The summed E-state index contributed by atoms with van der Waals surface area (Å²) in [6.07, 6.45) is 1.55. The first-order valence-electron chi connectivity index (χ1n) is 2.74. The van der Waals surface area contributed by atoms with Crippen molar-refractivity contribution in [2.24, 2.45) is 5.73 Å². The highest BCUT2D eigenvalue weighted by Gasteiger charge is 1.95. The Morgan fingerprint density at radius 1 is 1.67 bits per heavy atom. The average molecular weight is 127 g/mol. The third-order valence-corrected chi connectivity index (χ3v) is 1.10. The van der Waals surface area contributed by atoms with Gasteiger partial charge in [0.25, 0.3) is 0 Å². The van der Waals surface area contributed by atoms with Crippen molar-refractivity contribution < 1.29 is 9.52 Å². The minimum Gasteiger partial charge on any atom is -0.467 e. The average Bonchev–Trinajstić information content (AvgIpc) is 2.34. The molecule has 0 atom stereocenters. The van der Waals surface area contributed by atoms with Crippen molar-refractivity contribution >= 4 is 0 Å². The van der Waals surface area contributed by atoms with E-state index in [1.54, 1.807) is 12.3 Å². The van der Waals surface area contributed by atoms with E-state index < -0.39 is 0 Å². The Kier molecular flexibility index (Phi) is 1.87. The van der Waals surface area contributed by atoms with Crippen molar-refractivity contribution in [2.45, 2.75) is 13.2 Å². The predicted molar refractivity (Wildman–Crippen MR) is 32.5 cm³/mol. The molecule has 0 bridgehead atoms. The minimum absolute atomic E-state index is 0.0556. The summed E-state index contributed by atoms with van der Waals surface area (Å²) in [5.41, 5.74) is 6.19. The molecular formula is C6H9NO2. The maximum Gasteiger partial charge on any atom is 0.129 e. The van der Waals surface area contributed by atoms with E-state index >= 15 is 0 Å². The molecule has 0 fully saturated rings. The molecule has 9 heavy (non-hydrogen) atoms. The number of furan rings is 1. The summed E-state index contributed by atoms with van der Waals surface area (Å²) < 4.78 is 4.87. The summed E-state index contributed by atoms with van der Waals surface area (Å²) in [7, 11) is 0. The van der Waals surface area contributed by atoms with E-state index in [4.69, 9.17) is 15.3 Å². The van der Waals surface area contributed by atoms with Crippen LogP contribution in [0.5, 0.6) is 0 Å². The number of aliphatic hydroxyl groups excluding tert-OH is 1. The molecule has 3 heteroatoms. The fourth-order valence-corrected chi connectivity index (χ4v) is 0.616. The first-order chi connectivity index (χ1) is 4.36. The van der Waals surface area contributed by atoms with E-state index in [1.807, 2.05) is 0 Å². The fourth-order valence-electron chi connectivity index (χ4n) is 0.616. The number of hydrogen-bond acceptors (Lipinski definition) is 3. The Bertz CT molecular complexity index is 164. The molecule has 0 aliphatic carbocycles. The SMILES string of the molecule is NCc1coc(CO)c1. The van der Waals surface area contributed by atoms with Crippen LogP contribution in [0.4, 0.5) is 0 Å². The molecule has 0 aromatic carbocycles. The zero-order chi connectivity index (χ0) is 6.69. The van der Waals surface area contributed by atoms with Gasteiger partial charge in [0.2, 0.25) is 0 Å². The molecule has 1 aromatic heterocycles. The van der Waals surface area contributed by atoms with Gasteiger partial charge in [-0.3, -0.25) is 0 Å². The first kappa shape index (κ1) is 6.32. The molecular weight excluding hydrogens is 118 g/mol. The highest BCUT2D eigenvalue weighted by atomic mass is 16.4. The molecule has 1 rings (SSSR count). The highest BCUT2D eigenvalue weighted by molar-refractivity contribution is 5.11. The Morgan fingerprint density at radius 2 is 2.44 bits per heavy atom. The van der Waals surface area contributed by atoms with Crippen LogP contribution < -0.4 is 5.73 Å². The standard InChI is InChI=1S/C6H9NO2/c7-2-5-1-6(3-8)9-4-5/h1,4,8H,2-3,7H2. The van der Waals surface area contributed by atoms with E-state index in [0.29, 0.717) is 12.3 Å². The molecule has 0 aliphatic rings. The van der Waals surface area contributed by atoms with E-state index in [-0.39, 0.29) is 6.61 Å². The third kappa shape index (κ3) is 1.31. The molecule has 3 N–H and O–H groups in total. The lowest BCUT2D eigenvalue weighted by atomic mass is 10.3. The van der Waals surface area contributed by atoms with Crippen molar-refractivity contribution in [3.63, 3.8) is 0 Å². The van der Waals surface area contributed by atoms with Crippen LogP contribution in [0.3, 0.4) is 0 Å². The van der Waals surface area contributed by atoms with Gasteiger partial charge in [0.1, 0.15) is 12.4 Å². The number of hydrogen-bond donors (Lipinski definition) is 2. The number of nitrogens with two attached hydrogens (primary N) is 1. The Balaban J connectivity index is 2.74. The smallest absolute Gasteiger partial charge is 0.129 e. The molecule has 50 valence electrons. The van der Waals surface area contributed by atoms with E-state index in [2.05, 4.69) is 0 Å². The largest absolute Gasteiger partial charge is 0.467 e. The van der Waals surface area contributed by atoms with Gasteiger partial charge in [-0.1, -0.05) is 0 Å². The predicted octanol–water partition coefficient (Wildman–Crippen LogP) is 0.231. The molecule has 1 aromatic rings. The Morgan fingerprint density at radius 3 is 2.78 bits per heavy atom. The zero-order valence-corrected chi connectivity index (χ0v) is 5.00. The lowest BCUT2D eigenvalue weighted by molar-refractivity contribution is 0.247. The van der Waals surface area contributed by atoms with Crippen molar-refractivity contribution in [3.05, 3.63) is 23.7 Å². The molecule has 0 amide bonds. The zero-order valence-electron chi connectivity index (χ0n) is 5.00. The topological polar surface area (TPSA) is 59.4 Å². The Labute approximate surface area is 53.1 Å². The van der Waals surface area contributed by atoms with Crippen molar-refractivity contribution in [3.8, 4) is 0 Å². The van der Waals surface area contributed by atoms with Crippen molar-refractivity contribution in [2.75, 3.05) is 0 Å². The molecule has 1 heterocycles. The molecule has 0 radical (unpaired) electrons. The molecule has 0 aliphatic heterocycles. The molecule has 3 nitrogen and oxygen atoms in total. The highest BCUT2D eigenvalue weighted by Crippen LogP contribution is 2.05. The summed E-state index contributed by atoms with van der Waals surface area (Å²) in [6, 6.07) is 1.74. The van der Waals surface area contributed by atoms with Gasteiger partial charge in [-0.05, 0) is 6.07 Å². The lowest BCUT2D eigenvalue weighted by Crippen LogP contribution is -1.92. The maximum atomic E-state index is 8.51. The second kappa shape index (κ2) is 2.66. The van der Waals surface area contributed by atoms with Crippen molar-refractivity contribution in [1.82, 2.24) is 0 Å². The summed E-state index contributed by atoms with van der Waals surface area (Å²) in [6.45, 7) is 0.406.